The number of hydroxylamine groups is 1. The first-order valence-corrected chi connectivity index (χ1v) is 7.19. The Morgan fingerprint density at radius 1 is 1.40 bits per heavy atom. The van der Waals surface area contributed by atoms with Gasteiger partial charge in [0.1, 0.15) is 12.4 Å². The van der Waals surface area contributed by atoms with Crippen molar-refractivity contribution in [1.82, 2.24) is 5.48 Å². The number of rotatable bonds is 6. The largest absolute Gasteiger partial charge is 0.481 e. The third-order valence-corrected chi connectivity index (χ3v) is 4.11. The highest BCUT2D eigenvalue weighted by Crippen LogP contribution is 2.29. The van der Waals surface area contributed by atoms with Crippen LogP contribution in [0.4, 0.5) is 0 Å². The molecule has 2 N–H and O–H groups in total. The Morgan fingerprint density at radius 3 is 2.55 bits per heavy atom. The molecule has 1 aromatic rings. The maximum absolute atomic E-state index is 11.6. The Labute approximate surface area is 123 Å². The van der Waals surface area contributed by atoms with Crippen LogP contribution in [0.25, 0.3) is 0 Å². The van der Waals surface area contributed by atoms with Crippen LogP contribution in [0.15, 0.2) is 29.2 Å². The predicted molar refractivity (Wildman–Crippen MR) is 79.8 cm³/mol. The molecule has 0 unspecified atom stereocenters. The topological polar surface area (TPSA) is 58.6 Å². The molecule has 0 bridgehead atoms. The molecule has 5 heteroatoms. The summed E-state index contributed by atoms with van der Waals surface area (Å²) in [4.78, 5) is 12.5. The van der Waals surface area contributed by atoms with Crippen LogP contribution in [0, 0.1) is 17.8 Å². The van der Waals surface area contributed by atoms with Gasteiger partial charge in [-0.05, 0) is 37.1 Å². The molecule has 1 rings (SSSR count). The maximum Gasteiger partial charge on any atom is 0.257 e. The number of nitrogens with one attached hydrogen (secondary N) is 1. The molecule has 108 valence electrons. The molecule has 0 aliphatic heterocycles. The van der Waals surface area contributed by atoms with Gasteiger partial charge in [-0.15, -0.1) is 17.7 Å². The van der Waals surface area contributed by atoms with Gasteiger partial charge in [-0.3, -0.25) is 10.0 Å². The fraction of sp³-hybridized carbons (Fsp3) is 0.400. The summed E-state index contributed by atoms with van der Waals surface area (Å²) in [5, 5.41) is 8.42. The molecule has 1 atom stereocenters. The highest BCUT2D eigenvalue weighted by atomic mass is 32.2. The Kier molecular flexibility index (Phi) is 6.99. The first kappa shape index (κ1) is 16.4. The van der Waals surface area contributed by atoms with Gasteiger partial charge < -0.3 is 4.74 Å². The highest BCUT2D eigenvalue weighted by molar-refractivity contribution is 8.00. The van der Waals surface area contributed by atoms with Crippen LogP contribution >= 0.6 is 11.8 Å². The minimum atomic E-state index is -0.386. The van der Waals surface area contributed by atoms with Crippen molar-refractivity contribution < 1.29 is 14.7 Å². The number of carbonyl (C=O) groups is 1. The van der Waals surface area contributed by atoms with Gasteiger partial charge in [0.05, 0.1) is 5.25 Å². The Balaban J connectivity index is 2.67. The van der Waals surface area contributed by atoms with Crippen molar-refractivity contribution in [2.24, 2.45) is 5.92 Å². The van der Waals surface area contributed by atoms with Crippen molar-refractivity contribution in [3.63, 3.8) is 0 Å². The third-order valence-electron chi connectivity index (χ3n) is 2.55. The molecule has 0 radical (unpaired) electrons. The standard InChI is InChI=1S/C15H19NO3S/c1-4-5-10-19-12-6-8-13(9-7-12)20-14(11(2)3)15(17)16-18/h6-9,11,14,18H,10H2,1-3H3,(H,16,17)/t14-/m1/s1. The molecule has 0 saturated carbocycles. The molecule has 0 heterocycles. The summed E-state index contributed by atoms with van der Waals surface area (Å²) in [5.74, 6) is 6.05. The molecule has 0 saturated heterocycles. The average Bonchev–Trinajstić information content (AvgIpc) is 2.45. The number of hydrogen-bond donors (Lipinski definition) is 2. The van der Waals surface area contributed by atoms with Gasteiger partial charge in [-0.1, -0.05) is 19.8 Å². The van der Waals surface area contributed by atoms with E-state index in [1.807, 2.05) is 38.1 Å². The van der Waals surface area contributed by atoms with Crippen molar-refractivity contribution >= 4 is 17.7 Å². The number of carbonyl (C=O) groups excluding carboxylic acids is 1. The Hall–Kier alpha value is -1.64. The van der Waals surface area contributed by atoms with Gasteiger partial charge >= 0.3 is 0 Å². The molecule has 0 aromatic heterocycles. The smallest absolute Gasteiger partial charge is 0.257 e. The molecule has 0 aliphatic carbocycles. The van der Waals surface area contributed by atoms with Gasteiger partial charge in [0.15, 0.2) is 0 Å². The average molecular weight is 293 g/mol. The van der Waals surface area contributed by atoms with E-state index in [-0.39, 0.29) is 17.1 Å². The van der Waals surface area contributed by atoms with Crippen molar-refractivity contribution in [2.45, 2.75) is 30.9 Å². The van der Waals surface area contributed by atoms with E-state index in [9.17, 15) is 4.79 Å². The summed E-state index contributed by atoms with van der Waals surface area (Å²) in [6.45, 7) is 6.01. The van der Waals surface area contributed by atoms with E-state index in [1.165, 1.54) is 11.8 Å². The predicted octanol–water partition coefficient (Wildman–Crippen LogP) is 2.71. The number of thioether (sulfide) groups is 1. The molecule has 0 aliphatic rings. The van der Waals surface area contributed by atoms with E-state index in [1.54, 1.807) is 12.4 Å². The zero-order valence-corrected chi connectivity index (χ0v) is 12.7. The van der Waals surface area contributed by atoms with Crippen molar-refractivity contribution in [2.75, 3.05) is 6.61 Å². The summed E-state index contributed by atoms with van der Waals surface area (Å²) in [7, 11) is 0. The fourth-order valence-electron chi connectivity index (χ4n) is 1.51. The molecule has 4 nitrogen and oxygen atoms in total. The molecule has 1 aromatic carbocycles. The van der Waals surface area contributed by atoms with Crippen molar-refractivity contribution in [3.05, 3.63) is 24.3 Å². The number of hydrogen-bond acceptors (Lipinski definition) is 4. The van der Waals surface area contributed by atoms with Crippen molar-refractivity contribution in [1.29, 1.82) is 0 Å². The SMILES string of the molecule is CC#CCOc1ccc(S[C@@H](C(=O)NO)C(C)C)cc1. The number of ether oxygens (including phenoxy) is 1. The second kappa shape index (κ2) is 8.51. The Bertz CT molecular complexity index is 488. The second-order valence-electron chi connectivity index (χ2n) is 4.45. The van der Waals surface area contributed by atoms with E-state index in [2.05, 4.69) is 11.8 Å². The summed E-state index contributed by atoms with van der Waals surface area (Å²) in [6.07, 6.45) is 0. The van der Waals surface area contributed by atoms with Gasteiger partial charge in [0.2, 0.25) is 0 Å². The van der Waals surface area contributed by atoms with Crippen molar-refractivity contribution in [3.8, 4) is 17.6 Å². The molecular weight excluding hydrogens is 274 g/mol. The molecule has 1 amide bonds. The minimum Gasteiger partial charge on any atom is -0.481 e. The van der Waals surface area contributed by atoms with E-state index in [0.717, 1.165) is 10.6 Å². The third kappa shape index (κ3) is 5.16. The lowest BCUT2D eigenvalue weighted by Gasteiger charge is -2.18. The lowest BCUT2D eigenvalue weighted by molar-refractivity contribution is -0.129. The van der Waals surface area contributed by atoms with Gasteiger partial charge in [0, 0.05) is 4.90 Å². The van der Waals surface area contributed by atoms with Crippen LogP contribution < -0.4 is 10.2 Å². The summed E-state index contributed by atoms with van der Waals surface area (Å²) < 4.78 is 5.42. The van der Waals surface area contributed by atoms with Gasteiger partial charge in [0.25, 0.3) is 5.91 Å². The lowest BCUT2D eigenvalue weighted by Crippen LogP contribution is -2.33. The van der Waals surface area contributed by atoms with E-state index in [4.69, 9.17) is 9.94 Å². The Morgan fingerprint density at radius 2 is 2.05 bits per heavy atom. The quantitative estimate of drug-likeness (QED) is 0.366. The van der Waals surface area contributed by atoms with Crippen LogP contribution in [0.1, 0.15) is 20.8 Å². The molecule has 20 heavy (non-hydrogen) atoms. The van der Waals surface area contributed by atoms with Crippen LogP contribution in [0.2, 0.25) is 0 Å². The van der Waals surface area contributed by atoms with Crippen LogP contribution in [0.5, 0.6) is 5.75 Å². The molecule has 0 spiro atoms. The fourth-order valence-corrected chi connectivity index (χ4v) is 2.53. The van der Waals surface area contributed by atoms with E-state index < -0.39 is 0 Å². The van der Waals surface area contributed by atoms with Crippen LogP contribution in [-0.2, 0) is 4.79 Å². The molecular formula is C15H19NO3S. The normalized spacial score (nSPS) is 11.4. The monoisotopic (exact) mass is 293 g/mol. The lowest BCUT2D eigenvalue weighted by atomic mass is 10.1. The second-order valence-corrected chi connectivity index (χ2v) is 5.66. The van der Waals surface area contributed by atoms with Crippen LogP contribution in [0.3, 0.4) is 0 Å². The zero-order valence-electron chi connectivity index (χ0n) is 11.8. The van der Waals surface area contributed by atoms with E-state index >= 15 is 0 Å². The molecule has 0 fully saturated rings. The summed E-state index contributed by atoms with van der Waals surface area (Å²) >= 11 is 1.41. The zero-order chi connectivity index (χ0) is 15.0. The minimum absolute atomic E-state index is 0.114. The van der Waals surface area contributed by atoms with E-state index in [0.29, 0.717) is 6.61 Å². The maximum atomic E-state index is 11.6. The van der Waals surface area contributed by atoms with Gasteiger partial charge in [-0.2, -0.15) is 0 Å². The highest BCUT2D eigenvalue weighted by Gasteiger charge is 2.22. The van der Waals surface area contributed by atoms with Gasteiger partial charge in [-0.25, -0.2) is 5.48 Å². The first-order chi connectivity index (χ1) is 9.58. The number of amides is 1. The number of benzene rings is 1. The van der Waals surface area contributed by atoms with Crippen LogP contribution in [-0.4, -0.2) is 23.0 Å². The first-order valence-electron chi connectivity index (χ1n) is 6.31. The summed E-state index contributed by atoms with van der Waals surface area (Å²) in [6, 6.07) is 7.46. The summed E-state index contributed by atoms with van der Waals surface area (Å²) in [5.41, 5.74) is 1.71.